The maximum Gasteiger partial charge on any atom is 0.219 e. The van der Waals surface area contributed by atoms with E-state index in [0.717, 1.165) is 32.0 Å². The monoisotopic (exact) mass is 240 g/mol. The van der Waals surface area contributed by atoms with Crippen molar-refractivity contribution < 1.29 is 4.79 Å². The molecule has 1 aliphatic heterocycles. The predicted molar refractivity (Wildman–Crippen MR) is 61.5 cm³/mol. The van der Waals surface area contributed by atoms with Crippen molar-refractivity contribution in [2.45, 2.75) is 6.92 Å². The summed E-state index contributed by atoms with van der Waals surface area (Å²) in [5, 5.41) is 0.395. The lowest BCUT2D eigenvalue weighted by atomic mass is 10.3. The summed E-state index contributed by atoms with van der Waals surface area (Å²) in [6, 6.07) is 0. The summed E-state index contributed by atoms with van der Waals surface area (Å²) in [5.41, 5.74) is 0. The van der Waals surface area contributed by atoms with Gasteiger partial charge in [0.1, 0.15) is 11.0 Å². The number of hydrogen-bond acceptors (Lipinski definition) is 4. The first-order valence-electron chi connectivity index (χ1n) is 5.15. The van der Waals surface area contributed by atoms with Crippen molar-refractivity contribution in [3.05, 3.63) is 17.5 Å². The van der Waals surface area contributed by atoms with Gasteiger partial charge in [0.15, 0.2) is 0 Å². The summed E-state index contributed by atoms with van der Waals surface area (Å²) < 4.78 is 0. The Labute approximate surface area is 99.0 Å². The predicted octanol–water partition coefficient (Wildman–Crippen LogP) is 0.798. The van der Waals surface area contributed by atoms with Crippen LogP contribution in [0, 0.1) is 0 Å². The molecule has 1 amide bonds. The first kappa shape index (κ1) is 11.1. The Kier molecular flexibility index (Phi) is 3.24. The average molecular weight is 241 g/mol. The summed E-state index contributed by atoms with van der Waals surface area (Å²) in [4.78, 5) is 23.3. The number of aromatic nitrogens is 2. The summed E-state index contributed by atoms with van der Waals surface area (Å²) in [6.07, 6.45) is 3.20. The molecule has 1 aromatic heterocycles. The van der Waals surface area contributed by atoms with Gasteiger partial charge in [-0.15, -0.1) is 0 Å². The van der Waals surface area contributed by atoms with E-state index in [4.69, 9.17) is 11.6 Å². The lowest BCUT2D eigenvalue weighted by Gasteiger charge is -2.34. The van der Waals surface area contributed by atoms with Crippen molar-refractivity contribution in [2.24, 2.45) is 0 Å². The van der Waals surface area contributed by atoms with Gasteiger partial charge in [-0.05, 0) is 0 Å². The van der Waals surface area contributed by atoms with E-state index in [2.05, 4.69) is 14.9 Å². The second-order valence-electron chi connectivity index (χ2n) is 3.69. The third kappa shape index (κ3) is 2.41. The van der Waals surface area contributed by atoms with Crippen LogP contribution in [0.2, 0.25) is 5.15 Å². The van der Waals surface area contributed by atoms with Gasteiger partial charge in [-0.1, -0.05) is 11.6 Å². The fourth-order valence-corrected chi connectivity index (χ4v) is 1.88. The van der Waals surface area contributed by atoms with Crippen LogP contribution in [0.4, 0.5) is 5.82 Å². The molecule has 5 nitrogen and oxygen atoms in total. The molecule has 0 saturated carbocycles. The molecule has 0 N–H and O–H groups in total. The molecular formula is C10H13ClN4O. The number of carbonyl (C=O) groups excluding carboxylic acids is 1. The largest absolute Gasteiger partial charge is 0.352 e. The van der Waals surface area contributed by atoms with Gasteiger partial charge < -0.3 is 9.80 Å². The van der Waals surface area contributed by atoms with E-state index in [9.17, 15) is 4.79 Å². The number of nitrogens with zero attached hydrogens (tertiary/aromatic N) is 4. The fourth-order valence-electron chi connectivity index (χ4n) is 1.74. The zero-order valence-electron chi connectivity index (χ0n) is 9.06. The van der Waals surface area contributed by atoms with Crippen LogP contribution in [0.1, 0.15) is 6.92 Å². The van der Waals surface area contributed by atoms with Crippen LogP contribution in [0.25, 0.3) is 0 Å². The Morgan fingerprint density at radius 1 is 1.31 bits per heavy atom. The van der Waals surface area contributed by atoms with E-state index in [-0.39, 0.29) is 5.91 Å². The molecular weight excluding hydrogens is 228 g/mol. The highest BCUT2D eigenvalue weighted by molar-refractivity contribution is 6.29. The molecule has 86 valence electrons. The normalized spacial score (nSPS) is 16.4. The molecule has 0 bridgehead atoms. The van der Waals surface area contributed by atoms with E-state index in [1.807, 2.05) is 4.90 Å². The molecule has 0 aliphatic carbocycles. The summed E-state index contributed by atoms with van der Waals surface area (Å²) in [5.74, 6) is 0.896. The SMILES string of the molecule is CC(=O)N1CCN(c2cncc(Cl)n2)CC1. The van der Waals surface area contributed by atoms with E-state index < -0.39 is 0 Å². The Morgan fingerprint density at radius 3 is 2.56 bits per heavy atom. The van der Waals surface area contributed by atoms with E-state index >= 15 is 0 Å². The molecule has 16 heavy (non-hydrogen) atoms. The minimum atomic E-state index is 0.122. The van der Waals surface area contributed by atoms with Crippen molar-refractivity contribution in [1.29, 1.82) is 0 Å². The molecule has 1 aromatic rings. The van der Waals surface area contributed by atoms with E-state index in [1.54, 1.807) is 13.1 Å². The van der Waals surface area contributed by atoms with Crippen LogP contribution in [0.3, 0.4) is 0 Å². The number of halogens is 1. The van der Waals surface area contributed by atoms with Gasteiger partial charge >= 0.3 is 0 Å². The van der Waals surface area contributed by atoms with Crippen LogP contribution in [-0.4, -0.2) is 47.0 Å². The lowest BCUT2D eigenvalue weighted by Crippen LogP contribution is -2.48. The zero-order chi connectivity index (χ0) is 11.5. The number of piperazine rings is 1. The number of hydrogen-bond donors (Lipinski definition) is 0. The van der Waals surface area contributed by atoms with Crippen molar-refractivity contribution in [2.75, 3.05) is 31.1 Å². The summed E-state index contributed by atoms with van der Waals surface area (Å²) in [6.45, 7) is 4.59. The van der Waals surface area contributed by atoms with E-state index in [1.165, 1.54) is 6.20 Å². The molecule has 1 saturated heterocycles. The number of amides is 1. The fraction of sp³-hybridized carbons (Fsp3) is 0.500. The smallest absolute Gasteiger partial charge is 0.219 e. The van der Waals surface area contributed by atoms with Gasteiger partial charge in [0, 0.05) is 33.1 Å². The molecule has 2 heterocycles. The van der Waals surface area contributed by atoms with Crippen molar-refractivity contribution in [3.63, 3.8) is 0 Å². The van der Waals surface area contributed by atoms with Crippen molar-refractivity contribution in [1.82, 2.24) is 14.9 Å². The number of rotatable bonds is 1. The Balaban J connectivity index is 2.01. The van der Waals surface area contributed by atoms with Gasteiger partial charge in [0.2, 0.25) is 5.91 Å². The van der Waals surface area contributed by atoms with Crippen LogP contribution in [-0.2, 0) is 4.79 Å². The molecule has 1 fully saturated rings. The minimum Gasteiger partial charge on any atom is -0.352 e. The highest BCUT2D eigenvalue weighted by Gasteiger charge is 2.19. The van der Waals surface area contributed by atoms with Crippen LogP contribution >= 0.6 is 11.6 Å². The number of carbonyl (C=O) groups is 1. The standard InChI is InChI=1S/C10H13ClN4O/c1-8(16)14-2-4-15(5-3-14)10-7-12-6-9(11)13-10/h6-7H,2-5H2,1H3. The third-order valence-electron chi connectivity index (χ3n) is 2.64. The molecule has 0 unspecified atom stereocenters. The van der Waals surface area contributed by atoms with Crippen molar-refractivity contribution >= 4 is 23.3 Å². The topological polar surface area (TPSA) is 49.3 Å². The van der Waals surface area contributed by atoms with Gasteiger partial charge in [0.25, 0.3) is 0 Å². The lowest BCUT2D eigenvalue weighted by molar-refractivity contribution is -0.129. The Hall–Kier alpha value is -1.36. The van der Waals surface area contributed by atoms with Crippen LogP contribution in [0.15, 0.2) is 12.4 Å². The van der Waals surface area contributed by atoms with Crippen LogP contribution < -0.4 is 4.90 Å². The highest BCUT2D eigenvalue weighted by Crippen LogP contribution is 2.14. The first-order chi connectivity index (χ1) is 7.66. The van der Waals surface area contributed by atoms with E-state index in [0.29, 0.717) is 5.15 Å². The summed E-state index contributed by atoms with van der Waals surface area (Å²) in [7, 11) is 0. The highest BCUT2D eigenvalue weighted by atomic mass is 35.5. The first-order valence-corrected chi connectivity index (χ1v) is 5.52. The molecule has 0 spiro atoms. The quantitative estimate of drug-likeness (QED) is 0.729. The van der Waals surface area contributed by atoms with Gasteiger partial charge in [0.05, 0.1) is 12.4 Å². The summed E-state index contributed by atoms with van der Waals surface area (Å²) >= 11 is 5.78. The molecule has 6 heteroatoms. The average Bonchev–Trinajstić information content (AvgIpc) is 2.29. The molecule has 0 atom stereocenters. The van der Waals surface area contributed by atoms with Gasteiger partial charge in [-0.25, -0.2) is 4.98 Å². The third-order valence-corrected chi connectivity index (χ3v) is 2.82. The molecule has 0 radical (unpaired) electrons. The molecule has 0 aromatic carbocycles. The molecule has 1 aliphatic rings. The van der Waals surface area contributed by atoms with Gasteiger partial charge in [-0.2, -0.15) is 0 Å². The molecule has 2 rings (SSSR count). The second-order valence-corrected chi connectivity index (χ2v) is 4.08. The minimum absolute atomic E-state index is 0.122. The zero-order valence-corrected chi connectivity index (χ0v) is 9.81. The maximum atomic E-state index is 11.2. The number of anilines is 1. The Morgan fingerprint density at radius 2 is 2.00 bits per heavy atom. The maximum absolute atomic E-state index is 11.2. The Bertz CT molecular complexity index is 390. The van der Waals surface area contributed by atoms with Crippen molar-refractivity contribution in [3.8, 4) is 0 Å². The van der Waals surface area contributed by atoms with Gasteiger partial charge in [-0.3, -0.25) is 9.78 Å². The van der Waals surface area contributed by atoms with Crippen LogP contribution in [0.5, 0.6) is 0 Å². The second kappa shape index (κ2) is 4.65.